The molecule has 0 unspecified atom stereocenters. The van der Waals surface area contributed by atoms with Gasteiger partial charge in [-0.3, -0.25) is 0 Å². The lowest BCUT2D eigenvalue weighted by molar-refractivity contribution is 0.384. The van der Waals surface area contributed by atoms with Gasteiger partial charge in [-0.05, 0) is 48.8 Å². The Hall–Kier alpha value is -1.02. The lowest BCUT2D eigenvalue weighted by atomic mass is 9.76. The smallest absolute Gasteiger partial charge is 0.122 e. The predicted octanol–water partition coefficient (Wildman–Crippen LogP) is 4.51. The Kier molecular flexibility index (Phi) is 4.54. The van der Waals surface area contributed by atoms with E-state index in [2.05, 4.69) is 18.2 Å². The molecule has 0 aliphatic heterocycles. The van der Waals surface area contributed by atoms with Crippen LogP contribution in [0.25, 0.3) is 0 Å². The molecular weight excluding hydrogens is 258 g/mol. The molecule has 2 heteroatoms. The van der Waals surface area contributed by atoms with Gasteiger partial charge in [0.1, 0.15) is 5.75 Å². The molecule has 0 aromatic heterocycles. The van der Waals surface area contributed by atoms with Crippen LogP contribution in [0.2, 0.25) is 0 Å². The maximum Gasteiger partial charge on any atom is 0.122 e. The molecule has 2 saturated carbocycles. The lowest BCUT2D eigenvalue weighted by Crippen LogP contribution is -2.32. The molecular formula is C19H29NO. The summed E-state index contributed by atoms with van der Waals surface area (Å²) >= 11 is 0. The highest BCUT2D eigenvalue weighted by atomic mass is 16.5. The molecule has 0 radical (unpaired) electrons. The molecule has 0 atom stereocenters. The Balaban J connectivity index is 1.95. The van der Waals surface area contributed by atoms with Crippen molar-refractivity contribution in [3.05, 3.63) is 29.3 Å². The standard InChI is InChI=1S/C19H29NO/c1-21-18-10-9-16(19(14-20)11-5-6-12-19)13-17(18)15-7-3-2-4-8-15/h9-10,13,15H,2-8,11-12,14,20H2,1H3. The first-order valence-corrected chi connectivity index (χ1v) is 8.67. The van der Waals surface area contributed by atoms with Gasteiger partial charge in [0.15, 0.2) is 0 Å². The van der Waals surface area contributed by atoms with Crippen molar-refractivity contribution in [1.29, 1.82) is 0 Å². The summed E-state index contributed by atoms with van der Waals surface area (Å²) in [4.78, 5) is 0. The lowest BCUT2D eigenvalue weighted by Gasteiger charge is -2.31. The molecule has 2 aliphatic rings. The summed E-state index contributed by atoms with van der Waals surface area (Å²) in [5.74, 6) is 1.76. The van der Waals surface area contributed by atoms with E-state index in [1.54, 1.807) is 7.11 Å². The third-order valence-corrected chi connectivity index (χ3v) is 5.84. The van der Waals surface area contributed by atoms with Crippen molar-refractivity contribution in [3.63, 3.8) is 0 Å². The topological polar surface area (TPSA) is 35.2 Å². The number of nitrogens with two attached hydrogens (primary N) is 1. The average Bonchev–Trinajstić information content (AvgIpc) is 3.05. The normalized spacial score (nSPS) is 22.4. The summed E-state index contributed by atoms with van der Waals surface area (Å²) in [5.41, 5.74) is 9.30. The number of rotatable bonds is 4. The summed E-state index contributed by atoms with van der Waals surface area (Å²) in [6, 6.07) is 6.89. The van der Waals surface area contributed by atoms with Crippen molar-refractivity contribution in [1.82, 2.24) is 0 Å². The average molecular weight is 287 g/mol. The summed E-state index contributed by atoms with van der Waals surface area (Å²) in [5, 5.41) is 0. The molecule has 116 valence electrons. The predicted molar refractivity (Wildman–Crippen MR) is 88.0 cm³/mol. The number of benzene rings is 1. The molecule has 3 rings (SSSR count). The van der Waals surface area contributed by atoms with Gasteiger partial charge in [0.2, 0.25) is 0 Å². The third kappa shape index (κ3) is 2.83. The van der Waals surface area contributed by atoms with Crippen molar-refractivity contribution < 1.29 is 4.74 Å². The molecule has 2 nitrogen and oxygen atoms in total. The molecule has 2 fully saturated rings. The van der Waals surface area contributed by atoms with Crippen molar-refractivity contribution in [2.24, 2.45) is 5.73 Å². The molecule has 0 saturated heterocycles. The van der Waals surface area contributed by atoms with Gasteiger partial charge in [-0.1, -0.05) is 44.2 Å². The monoisotopic (exact) mass is 287 g/mol. The molecule has 1 aromatic carbocycles. The minimum Gasteiger partial charge on any atom is -0.496 e. The second kappa shape index (κ2) is 6.39. The van der Waals surface area contributed by atoms with Crippen LogP contribution in [0.3, 0.4) is 0 Å². The summed E-state index contributed by atoms with van der Waals surface area (Å²) in [7, 11) is 1.80. The van der Waals surface area contributed by atoms with Gasteiger partial charge in [-0.15, -0.1) is 0 Å². The molecule has 0 heterocycles. The highest BCUT2D eigenvalue weighted by molar-refractivity contribution is 5.43. The Morgan fingerprint density at radius 3 is 2.43 bits per heavy atom. The molecule has 1 aromatic rings. The zero-order chi connectivity index (χ0) is 14.7. The first-order chi connectivity index (χ1) is 10.3. The number of hydrogen-bond donors (Lipinski definition) is 1. The van der Waals surface area contributed by atoms with E-state index < -0.39 is 0 Å². The number of hydrogen-bond acceptors (Lipinski definition) is 2. The van der Waals surface area contributed by atoms with Crippen molar-refractivity contribution >= 4 is 0 Å². The third-order valence-electron chi connectivity index (χ3n) is 5.84. The van der Waals surface area contributed by atoms with Crippen molar-refractivity contribution in [2.75, 3.05) is 13.7 Å². The van der Waals surface area contributed by atoms with Gasteiger partial charge < -0.3 is 10.5 Å². The van der Waals surface area contributed by atoms with Gasteiger partial charge in [0, 0.05) is 12.0 Å². The number of methoxy groups -OCH3 is 1. The first-order valence-electron chi connectivity index (χ1n) is 8.67. The summed E-state index contributed by atoms with van der Waals surface area (Å²) in [6.07, 6.45) is 11.9. The quantitative estimate of drug-likeness (QED) is 0.884. The van der Waals surface area contributed by atoms with Crippen LogP contribution >= 0.6 is 0 Å². The summed E-state index contributed by atoms with van der Waals surface area (Å²) < 4.78 is 5.65. The zero-order valence-electron chi connectivity index (χ0n) is 13.4. The van der Waals surface area contributed by atoms with E-state index in [0.29, 0.717) is 5.92 Å². The molecule has 2 N–H and O–H groups in total. The van der Waals surface area contributed by atoms with E-state index in [9.17, 15) is 0 Å². The molecule has 0 spiro atoms. The molecule has 0 bridgehead atoms. The van der Waals surface area contributed by atoms with Crippen LogP contribution in [0.5, 0.6) is 5.75 Å². The first kappa shape index (κ1) is 14.9. The van der Waals surface area contributed by atoms with Crippen LogP contribution in [0.15, 0.2) is 18.2 Å². The van der Waals surface area contributed by atoms with Crippen LogP contribution in [0.4, 0.5) is 0 Å². The van der Waals surface area contributed by atoms with Gasteiger partial charge in [-0.2, -0.15) is 0 Å². The van der Waals surface area contributed by atoms with E-state index >= 15 is 0 Å². The van der Waals surface area contributed by atoms with Crippen molar-refractivity contribution in [2.45, 2.75) is 69.1 Å². The van der Waals surface area contributed by atoms with Gasteiger partial charge in [0.25, 0.3) is 0 Å². The van der Waals surface area contributed by atoms with Crippen LogP contribution in [-0.4, -0.2) is 13.7 Å². The van der Waals surface area contributed by atoms with E-state index in [-0.39, 0.29) is 5.41 Å². The second-order valence-corrected chi connectivity index (χ2v) is 6.98. The second-order valence-electron chi connectivity index (χ2n) is 6.98. The van der Waals surface area contributed by atoms with E-state index in [0.717, 1.165) is 12.3 Å². The van der Waals surface area contributed by atoms with Crippen LogP contribution in [-0.2, 0) is 5.41 Å². The van der Waals surface area contributed by atoms with Gasteiger partial charge >= 0.3 is 0 Å². The Morgan fingerprint density at radius 1 is 1.10 bits per heavy atom. The van der Waals surface area contributed by atoms with Crippen molar-refractivity contribution in [3.8, 4) is 5.75 Å². The Morgan fingerprint density at radius 2 is 1.81 bits per heavy atom. The fourth-order valence-corrected chi connectivity index (χ4v) is 4.46. The highest BCUT2D eigenvalue weighted by Gasteiger charge is 2.35. The Bertz CT molecular complexity index is 470. The molecule has 2 aliphatic carbocycles. The van der Waals surface area contributed by atoms with E-state index in [1.165, 1.54) is 68.9 Å². The molecule has 0 amide bonds. The Labute approximate surface area is 129 Å². The minimum atomic E-state index is 0.232. The fourth-order valence-electron chi connectivity index (χ4n) is 4.46. The van der Waals surface area contributed by atoms with Gasteiger partial charge in [0.05, 0.1) is 7.11 Å². The zero-order valence-corrected chi connectivity index (χ0v) is 13.4. The highest BCUT2D eigenvalue weighted by Crippen LogP contribution is 2.44. The fraction of sp³-hybridized carbons (Fsp3) is 0.684. The maximum atomic E-state index is 6.17. The maximum absolute atomic E-state index is 6.17. The largest absolute Gasteiger partial charge is 0.496 e. The van der Waals surface area contributed by atoms with Gasteiger partial charge in [-0.25, -0.2) is 0 Å². The number of ether oxygens (including phenoxy) is 1. The SMILES string of the molecule is COc1ccc(C2(CN)CCCC2)cc1C1CCCCC1. The van der Waals surface area contributed by atoms with Crippen LogP contribution in [0.1, 0.15) is 74.8 Å². The van der Waals surface area contributed by atoms with E-state index in [4.69, 9.17) is 10.5 Å². The molecule has 21 heavy (non-hydrogen) atoms. The van der Waals surface area contributed by atoms with E-state index in [1.807, 2.05) is 0 Å². The summed E-state index contributed by atoms with van der Waals surface area (Å²) in [6.45, 7) is 0.781. The minimum absolute atomic E-state index is 0.232. The van der Waals surface area contributed by atoms with Crippen LogP contribution in [0, 0.1) is 0 Å². The van der Waals surface area contributed by atoms with Crippen LogP contribution < -0.4 is 10.5 Å².